The molecule has 0 saturated heterocycles. The Hall–Kier alpha value is -3.78. The smallest absolute Gasteiger partial charge is 0.270 e. The predicted molar refractivity (Wildman–Crippen MR) is 128 cm³/mol. The molecule has 174 valence electrons. The first-order valence-electron chi connectivity index (χ1n) is 10.9. The molecule has 0 unspecified atom stereocenters. The number of anilines is 1. The Morgan fingerprint density at radius 3 is 2.03 bits per heavy atom. The number of aryl methyl sites for hydroxylation is 1. The number of amides is 3. The van der Waals surface area contributed by atoms with Gasteiger partial charge in [-0.1, -0.05) is 42.5 Å². The van der Waals surface area contributed by atoms with Gasteiger partial charge < -0.3 is 0 Å². The number of nitrogens with zero attached hydrogens (tertiary/aromatic N) is 2. The molecule has 7 nitrogen and oxygen atoms in total. The summed E-state index contributed by atoms with van der Waals surface area (Å²) in [5.74, 6) is -1.44. The van der Waals surface area contributed by atoms with Gasteiger partial charge in [-0.2, -0.15) is 0 Å². The van der Waals surface area contributed by atoms with Gasteiger partial charge in [-0.15, -0.1) is 0 Å². The van der Waals surface area contributed by atoms with E-state index in [0.717, 1.165) is 14.8 Å². The lowest BCUT2D eigenvalue weighted by Gasteiger charge is -2.25. The van der Waals surface area contributed by atoms with Gasteiger partial charge in [0, 0.05) is 13.0 Å². The van der Waals surface area contributed by atoms with Crippen molar-refractivity contribution in [2.75, 3.05) is 10.8 Å². The Labute approximate surface area is 198 Å². The van der Waals surface area contributed by atoms with Crippen LogP contribution in [0.3, 0.4) is 0 Å². The zero-order chi connectivity index (χ0) is 24.5. The molecule has 4 rings (SSSR count). The standard InChI is InChI=1S/C26H24N2O5S/c1-18-10-8-15-23(19(18)2)28(34(32,33)20-11-4-3-5-12-20)24(29)16-9-17-27-25(30)21-13-6-7-14-22(21)26(27)31/h3-8,10-15H,9,16-17H2,1-2H3. The van der Waals surface area contributed by atoms with Crippen molar-refractivity contribution in [1.29, 1.82) is 0 Å². The van der Waals surface area contributed by atoms with Crippen LogP contribution in [-0.4, -0.2) is 37.6 Å². The fourth-order valence-corrected chi connectivity index (χ4v) is 5.51. The molecule has 0 saturated carbocycles. The molecular weight excluding hydrogens is 452 g/mol. The van der Waals surface area contributed by atoms with Crippen molar-refractivity contribution < 1.29 is 22.8 Å². The molecule has 0 atom stereocenters. The van der Waals surface area contributed by atoms with E-state index in [4.69, 9.17) is 0 Å². The number of sulfonamides is 1. The summed E-state index contributed by atoms with van der Waals surface area (Å²) < 4.78 is 27.8. The lowest BCUT2D eigenvalue weighted by Crippen LogP contribution is -2.38. The largest absolute Gasteiger partial charge is 0.274 e. The molecule has 0 aromatic heterocycles. The Morgan fingerprint density at radius 2 is 1.41 bits per heavy atom. The van der Waals surface area contributed by atoms with Gasteiger partial charge in [0.25, 0.3) is 21.8 Å². The average Bonchev–Trinajstić information content (AvgIpc) is 3.07. The Balaban J connectivity index is 1.58. The van der Waals surface area contributed by atoms with Crippen LogP contribution in [0.1, 0.15) is 44.7 Å². The summed E-state index contributed by atoms with van der Waals surface area (Å²) in [5.41, 5.74) is 2.49. The summed E-state index contributed by atoms with van der Waals surface area (Å²) in [5, 5.41) is 0. The summed E-state index contributed by atoms with van der Waals surface area (Å²) in [4.78, 5) is 39.6. The molecule has 34 heavy (non-hydrogen) atoms. The van der Waals surface area contributed by atoms with E-state index in [1.165, 1.54) is 12.1 Å². The highest BCUT2D eigenvalue weighted by Gasteiger charge is 2.36. The zero-order valence-electron chi connectivity index (χ0n) is 18.9. The molecule has 1 aliphatic heterocycles. The molecule has 0 aliphatic carbocycles. The highest BCUT2D eigenvalue weighted by molar-refractivity contribution is 7.93. The first kappa shape index (κ1) is 23.4. The molecule has 1 heterocycles. The van der Waals surface area contributed by atoms with Gasteiger partial charge in [0.2, 0.25) is 5.91 Å². The third-order valence-electron chi connectivity index (χ3n) is 5.95. The highest BCUT2D eigenvalue weighted by atomic mass is 32.2. The summed E-state index contributed by atoms with van der Waals surface area (Å²) in [6.45, 7) is 3.63. The van der Waals surface area contributed by atoms with Crippen LogP contribution in [0.15, 0.2) is 77.7 Å². The minimum Gasteiger partial charge on any atom is -0.274 e. The molecule has 1 aliphatic rings. The average molecular weight is 477 g/mol. The van der Waals surface area contributed by atoms with Gasteiger partial charge in [0.05, 0.1) is 21.7 Å². The van der Waals surface area contributed by atoms with E-state index in [1.807, 2.05) is 13.0 Å². The van der Waals surface area contributed by atoms with E-state index in [1.54, 1.807) is 61.5 Å². The van der Waals surface area contributed by atoms with Crippen LogP contribution in [0.5, 0.6) is 0 Å². The van der Waals surface area contributed by atoms with Crippen molar-refractivity contribution in [3.05, 3.63) is 95.1 Å². The van der Waals surface area contributed by atoms with Gasteiger partial charge in [-0.25, -0.2) is 12.7 Å². The molecule has 0 N–H and O–H groups in total. The molecule has 0 spiro atoms. The number of fused-ring (bicyclic) bond motifs is 1. The number of benzene rings is 3. The second-order valence-corrected chi connectivity index (χ2v) is 9.89. The monoisotopic (exact) mass is 476 g/mol. The normalized spacial score (nSPS) is 13.2. The predicted octanol–water partition coefficient (Wildman–Crippen LogP) is 4.10. The minimum atomic E-state index is -4.17. The van der Waals surface area contributed by atoms with Crippen LogP contribution >= 0.6 is 0 Å². The van der Waals surface area contributed by atoms with E-state index < -0.39 is 27.7 Å². The highest BCUT2D eigenvalue weighted by Crippen LogP contribution is 2.30. The summed E-state index contributed by atoms with van der Waals surface area (Å²) in [6, 6.07) is 19.5. The van der Waals surface area contributed by atoms with E-state index in [0.29, 0.717) is 16.7 Å². The van der Waals surface area contributed by atoms with Crippen LogP contribution < -0.4 is 4.31 Å². The third-order valence-corrected chi connectivity index (χ3v) is 7.70. The van der Waals surface area contributed by atoms with Gasteiger partial charge in [0.1, 0.15) is 0 Å². The number of hydrogen-bond acceptors (Lipinski definition) is 5. The number of carbonyl (C=O) groups excluding carboxylic acids is 3. The SMILES string of the molecule is Cc1cccc(N(C(=O)CCCN2C(=O)c3ccccc3C2=O)S(=O)(=O)c2ccccc2)c1C. The molecular formula is C26H24N2O5S. The van der Waals surface area contributed by atoms with E-state index in [9.17, 15) is 22.8 Å². The van der Waals surface area contributed by atoms with Crippen molar-refractivity contribution in [2.45, 2.75) is 31.6 Å². The lowest BCUT2D eigenvalue weighted by atomic mass is 10.1. The van der Waals surface area contributed by atoms with E-state index >= 15 is 0 Å². The molecule has 8 heteroatoms. The number of rotatable bonds is 7. The fraction of sp³-hybridized carbons (Fsp3) is 0.192. The molecule has 3 aromatic carbocycles. The van der Waals surface area contributed by atoms with Gasteiger partial charge in [0.15, 0.2) is 0 Å². The fourth-order valence-electron chi connectivity index (χ4n) is 3.98. The Morgan fingerprint density at radius 1 is 0.824 bits per heavy atom. The molecule has 0 bridgehead atoms. The van der Waals surface area contributed by atoms with Crippen molar-refractivity contribution in [1.82, 2.24) is 4.90 Å². The number of carbonyl (C=O) groups is 3. The zero-order valence-corrected chi connectivity index (χ0v) is 19.7. The Bertz CT molecular complexity index is 1350. The lowest BCUT2D eigenvalue weighted by molar-refractivity contribution is -0.117. The van der Waals surface area contributed by atoms with Crippen LogP contribution in [0.2, 0.25) is 0 Å². The molecule has 0 fully saturated rings. The van der Waals surface area contributed by atoms with Crippen LogP contribution in [0.25, 0.3) is 0 Å². The minimum absolute atomic E-state index is 0.00426. The van der Waals surface area contributed by atoms with Crippen LogP contribution in [-0.2, 0) is 14.8 Å². The van der Waals surface area contributed by atoms with Gasteiger partial charge in [-0.05, 0) is 61.7 Å². The second-order valence-electron chi connectivity index (χ2n) is 8.11. The van der Waals surface area contributed by atoms with Crippen molar-refractivity contribution in [2.24, 2.45) is 0 Å². The van der Waals surface area contributed by atoms with Gasteiger partial charge in [-0.3, -0.25) is 19.3 Å². The molecule has 3 aromatic rings. The van der Waals surface area contributed by atoms with Crippen molar-refractivity contribution in [3.8, 4) is 0 Å². The van der Waals surface area contributed by atoms with E-state index in [-0.39, 0.29) is 30.0 Å². The van der Waals surface area contributed by atoms with Crippen LogP contribution in [0.4, 0.5) is 5.69 Å². The van der Waals surface area contributed by atoms with Crippen LogP contribution in [0, 0.1) is 13.8 Å². The summed E-state index contributed by atoms with van der Waals surface area (Å²) in [6.07, 6.45) is -0.0250. The van der Waals surface area contributed by atoms with E-state index in [2.05, 4.69) is 0 Å². The third kappa shape index (κ3) is 4.12. The molecule has 0 radical (unpaired) electrons. The van der Waals surface area contributed by atoms with Gasteiger partial charge >= 0.3 is 0 Å². The van der Waals surface area contributed by atoms with Crippen molar-refractivity contribution in [3.63, 3.8) is 0 Å². The summed E-state index contributed by atoms with van der Waals surface area (Å²) >= 11 is 0. The first-order chi connectivity index (χ1) is 16.2. The maximum atomic E-state index is 13.5. The molecule has 3 amide bonds. The number of hydrogen-bond donors (Lipinski definition) is 0. The number of imide groups is 1. The quantitative estimate of drug-likeness (QED) is 0.479. The maximum absolute atomic E-state index is 13.5. The Kier molecular flexibility index (Phi) is 6.34. The topological polar surface area (TPSA) is 91.8 Å². The first-order valence-corrected chi connectivity index (χ1v) is 12.3. The summed E-state index contributed by atoms with van der Waals surface area (Å²) in [7, 11) is -4.17. The second kappa shape index (κ2) is 9.23. The maximum Gasteiger partial charge on any atom is 0.270 e. The van der Waals surface area contributed by atoms with Crippen molar-refractivity contribution >= 4 is 33.4 Å².